The highest BCUT2D eigenvalue weighted by Gasteiger charge is 1.88. The van der Waals surface area contributed by atoms with Gasteiger partial charge >= 0.3 is 0 Å². The van der Waals surface area contributed by atoms with Gasteiger partial charge in [-0.1, -0.05) is 24.3 Å². The molecule has 2 radical (unpaired) electrons. The summed E-state index contributed by atoms with van der Waals surface area (Å²) in [6, 6.07) is 7.79. The van der Waals surface area contributed by atoms with E-state index in [9.17, 15) is 0 Å². The van der Waals surface area contributed by atoms with Crippen LogP contribution in [-0.2, 0) is 6.42 Å². The largest absolute Gasteiger partial charge is 0.330 e. The van der Waals surface area contributed by atoms with E-state index in [-0.39, 0.29) is 0 Å². The molecule has 1 aromatic carbocycles. The van der Waals surface area contributed by atoms with Crippen LogP contribution in [0.4, 0.5) is 0 Å². The van der Waals surface area contributed by atoms with Crippen LogP contribution in [0.3, 0.4) is 0 Å². The Bertz CT molecular complexity index is 188. The minimum absolute atomic E-state index is 0.698. The van der Waals surface area contributed by atoms with Crippen molar-refractivity contribution in [1.29, 1.82) is 0 Å². The fourth-order valence-corrected chi connectivity index (χ4v) is 0.851. The van der Waals surface area contributed by atoms with Crippen molar-refractivity contribution in [2.24, 2.45) is 5.73 Å². The van der Waals surface area contributed by atoms with Crippen molar-refractivity contribution >= 4 is 0 Å². The Morgan fingerprint density at radius 3 is 2.30 bits per heavy atom. The van der Waals surface area contributed by atoms with Gasteiger partial charge in [-0.05, 0) is 31.0 Å². The van der Waals surface area contributed by atoms with Gasteiger partial charge in [0.1, 0.15) is 0 Å². The van der Waals surface area contributed by atoms with Crippen LogP contribution in [0.2, 0.25) is 0 Å². The van der Waals surface area contributed by atoms with Crippen LogP contribution < -0.4 is 5.73 Å². The predicted octanol–water partition coefficient (Wildman–Crippen LogP) is 1.25. The van der Waals surface area contributed by atoms with Gasteiger partial charge in [0.15, 0.2) is 0 Å². The molecule has 0 unspecified atom stereocenters. The summed E-state index contributed by atoms with van der Waals surface area (Å²) < 4.78 is 0. The quantitative estimate of drug-likeness (QED) is 0.645. The monoisotopic (exact) mass is 133 g/mol. The van der Waals surface area contributed by atoms with Crippen molar-refractivity contribution in [2.45, 2.75) is 6.42 Å². The van der Waals surface area contributed by atoms with Gasteiger partial charge in [0.25, 0.3) is 0 Å². The van der Waals surface area contributed by atoms with Crippen LogP contribution >= 0.6 is 0 Å². The molecule has 0 heterocycles. The number of hydrogen-bond donors (Lipinski definition) is 1. The maximum absolute atomic E-state index is 5.49. The maximum Gasteiger partial charge on any atom is -0.00120 e. The molecule has 0 amide bonds. The van der Waals surface area contributed by atoms with Gasteiger partial charge in [-0.15, -0.1) is 0 Å². The summed E-state index contributed by atoms with van der Waals surface area (Å²) in [5.41, 5.74) is 7.42. The number of nitrogens with two attached hydrogens (primary N) is 1. The zero-order valence-electron chi connectivity index (χ0n) is 5.88. The Morgan fingerprint density at radius 2 is 1.80 bits per heavy atom. The van der Waals surface area contributed by atoms with Gasteiger partial charge in [0.05, 0.1) is 0 Å². The first kappa shape index (κ1) is 7.29. The third-order valence-corrected chi connectivity index (χ3v) is 1.41. The van der Waals surface area contributed by atoms with E-state index in [1.54, 1.807) is 0 Å². The van der Waals surface area contributed by atoms with Crippen LogP contribution in [0.5, 0.6) is 0 Å². The number of hydrogen-bond acceptors (Lipinski definition) is 1. The molecule has 0 spiro atoms. The fourth-order valence-electron chi connectivity index (χ4n) is 0.851. The summed E-state index contributed by atoms with van der Waals surface area (Å²) in [7, 11) is 0. The molecule has 0 bridgehead atoms. The summed E-state index contributed by atoms with van der Waals surface area (Å²) >= 11 is 0. The van der Waals surface area contributed by atoms with E-state index in [4.69, 9.17) is 12.7 Å². The Hall–Kier alpha value is -0.820. The zero-order valence-corrected chi connectivity index (χ0v) is 5.88. The summed E-state index contributed by atoms with van der Waals surface area (Å²) in [6.07, 6.45) is 0.931. The molecule has 0 aliphatic carbocycles. The van der Waals surface area contributed by atoms with Crippen LogP contribution in [0, 0.1) is 6.92 Å². The SMILES string of the molecule is [CH]c1ccc(CCN)cc1. The van der Waals surface area contributed by atoms with Gasteiger partial charge in [0.2, 0.25) is 0 Å². The second-order valence-corrected chi connectivity index (χ2v) is 2.28. The third-order valence-electron chi connectivity index (χ3n) is 1.41. The van der Waals surface area contributed by atoms with Crippen LogP contribution in [0.25, 0.3) is 0 Å². The lowest BCUT2D eigenvalue weighted by atomic mass is 10.1. The Kier molecular flexibility index (Phi) is 2.46. The minimum atomic E-state index is 0.698. The summed E-state index contributed by atoms with van der Waals surface area (Å²) in [4.78, 5) is 0. The molecule has 2 N–H and O–H groups in total. The highest BCUT2D eigenvalue weighted by molar-refractivity contribution is 5.24. The minimum Gasteiger partial charge on any atom is -0.330 e. The van der Waals surface area contributed by atoms with Crippen LogP contribution in [0.1, 0.15) is 11.1 Å². The fraction of sp³-hybridized carbons (Fsp3) is 0.222. The lowest BCUT2D eigenvalue weighted by Gasteiger charge is -1.97. The molecule has 0 saturated heterocycles. The molecule has 0 fully saturated rings. The summed E-state index contributed by atoms with van der Waals surface area (Å²) in [5.74, 6) is 0. The van der Waals surface area contributed by atoms with Gasteiger partial charge in [0, 0.05) is 0 Å². The first-order chi connectivity index (χ1) is 4.83. The highest BCUT2D eigenvalue weighted by atomic mass is 14.5. The number of rotatable bonds is 2. The summed E-state index contributed by atoms with van der Waals surface area (Å²) in [6.45, 7) is 6.19. The maximum atomic E-state index is 5.49. The smallest absolute Gasteiger partial charge is 0.00120 e. The Morgan fingerprint density at radius 1 is 1.20 bits per heavy atom. The molecule has 0 saturated carbocycles. The van der Waals surface area contributed by atoms with E-state index in [2.05, 4.69) is 0 Å². The van der Waals surface area contributed by atoms with E-state index in [0.29, 0.717) is 6.54 Å². The first-order valence-corrected chi connectivity index (χ1v) is 3.37. The van der Waals surface area contributed by atoms with Crippen molar-refractivity contribution in [1.82, 2.24) is 0 Å². The molecule has 10 heavy (non-hydrogen) atoms. The second-order valence-electron chi connectivity index (χ2n) is 2.28. The summed E-state index contributed by atoms with van der Waals surface area (Å²) in [5, 5.41) is 0. The average Bonchev–Trinajstić information content (AvgIpc) is 1.95. The molecule has 0 aliphatic rings. The van der Waals surface area contributed by atoms with Crippen LogP contribution in [-0.4, -0.2) is 6.54 Å². The van der Waals surface area contributed by atoms with Gasteiger partial charge in [-0.25, -0.2) is 0 Å². The lowest BCUT2D eigenvalue weighted by Crippen LogP contribution is -2.02. The molecule has 1 aromatic rings. The molecule has 1 rings (SSSR count). The Labute approximate surface area is 61.9 Å². The molecular formula is C9H11N. The zero-order chi connectivity index (χ0) is 7.40. The van der Waals surface area contributed by atoms with E-state index in [0.717, 1.165) is 12.0 Å². The van der Waals surface area contributed by atoms with E-state index >= 15 is 0 Å². The third kappa shape index (κ3) is 1.85. The lowest BCUT2D eigenvalue weighted by molar-refractivity contribution is 0.968. The first-order valence-electron chi connectivity index (χ1n) is 3.37. The normalized spacial score (nSPS) is 9.80. The van der Waals surface area contributed by atoms with Crippen molar-refractivity contribution in [3.05, 3.63) is 42.3 Å². The average molecular weight is 133 g/mol. The molecule has 1 nitrogen and oxygen atoms in total. The van der Waals surface area contributed by atoms with E-state index < -0.39 is 0 Å². The van der Waals surface area contributed by atoms with Gasteiger partial charge < -0.3 is 5.73 Å². The molecule has 52 valence electrons. The molecule has 0 aromatic heterocycles. The number of benzene rings is 1. The topological polar surface area (TPSA) is 26.0 Å². The molecular weight excluding hydrogens is 122 g/mol. The van der Waals surface area contributed by atoms with Crippen molar-refractivity contribution in [3.8, 4) is 0 Å². The van der Waals surface area contributed by atoms with Gasteiger partial charge in [-0.2, -0.15) is 0 Å². The van der Waals surface area contributed by atoms with E-state index in [1.165, 1.54) is 5.56 Å². The van der Waals surface area contributed by atoms with Crippen molar-refractivity contribution < 1.29 is 0 Å². The second kappa shape index (κ2) is 3.37. The Balaban J connectivity index is 2.69. The van der Waals surface area contributed by atoms with Crippen molar-refractivity contribution in [3.63, 3.8) is 0 Å². The standard InChI is InChI=1S/C9H11N/c1-8-2-4-9(5-3-8)6-7-10/h1-5H,6-7,10H2. The van der Waals surface area contributed by atoms with E-state index in [1.807, 2.05) is 24.3 Å². The predicted molar refractivity (Wildman–Crippen MR) is 42.6 cm³/mol. The van der Waals surface area contributed by atoms with Gasteiger partial charge in [-0.3, -0.25) is 0 Å². The molecule has 0 atom stereocenters. The van der Waals surface area contributed by atoms with Crippen molar-refractivity contribution in [2.75, 3.05) is 6.54 Å². The molecule has 0 aliphatic heterocycles. The highest BCUT2D eigenvalue weighted by Crippen LogP contribution is 2.02. The van der Waals surface area contributed by atoms with Crippen LogP contribution in [0.15, 0.2) is 24.3 Å². The molecule has 1 heteroatoms.